The number of imidazole rings is 1. The third kappa shape index (κ3) is 1.49. The van der Waals surface area contributed by atoms with Crippen LogP contribution >= 0.6 is 15.9 Å². The average molecular weight is 265 g/mol. The first-order valence-electron chi connectivity index (χ1n) is 5.50. The maximum Gasteiger partial charge on any atom is 0.109 e. The predicted molar refractivity (Wildman–Crippen MR) is 65.0 cm³/mol. The van der Waals surface area contributed by atoms with E-state index in [0.29, 0.717) is 0 Å². The normalized spacial score (nSPS) is 16.3. The SMILES string of the molecule is Brc1cccc2c1nc1n2CCCCC1. The number of para-hydroxylation sites is 1. The molecule has 0 N–H and O–H groups in total. The van der Waals surface area contributed by atoms with Gasteiger partial charge in [0.05, 0.1) is 5.52 Å². The number of benzene rings is 1. The first-order chi connectivity index (χ1) is 7.36. The number of halogens is 1. The highest BCUT2D eigenvalue weighted by molar-refractivity contribution is 9.10. The molecule has 0 bridgehead atoms. The highest BCUT2D eigenvalue weighted by Crippen LogP contribution is 2.26. The van der Waals surface area contributed by atoms with Crippen molar-refractivity contribution in [1.29, 1.82) is 0 Å². The minimum atomic E-state index is 1.11. The maximum atomic E-state index is 4.73. The number of fused-ring (bicyclic) bond motifs is 3. The van der Waals surface area contributed by atoms with Crippen LogP contribution in [0.4, 0.5) is 0 Å². The molecule has 0 saturated carbocycles. The summed E-state index contributed by atoms with van der Waals surface area (Å²) in [6, 6.07) is 6.32. The van der Waals surface area contributed by atoms with Crippen LogP contribution < -0.4 is 0 Å². The minimum Gasteiger partial charge on any atom is -0.328 e. The Labute approximate surface area is 97.4 Å². The molecule has 0 atom stereocenters. The smallest absolute Gasteiger partial charge is 0.109 e. The molecule has 1 aromatic carbocycles. The first kappa shape index (κ1) is 9.40. The zero-order valence-corrected chi connectivity index (χ0v) is 10.1. The van der Waals surface area contributed by atoms with Crippen LogP contribution in [0.5, 0.6) is 0 Å². The van der Waals surface area contributed by atoms with Gasteiger partial charge in [-0.25, -0.2) is 4.98 Å². The molecule has 2 aromatic rings. The number of nitrogens with zero attached hydrogens (tertiary/aromatic N) is 2. The summed E-state index contributed by atoms with van der Waals surface area (Å²) in [7, 11) is 0. The molecular weight excluding hydrogens is 252 g/mol. The van der Waals surface area contributed by atoms with Crippen LogP contribution in [-0.4, -0.2) is 9.55 Å². The number of hydrogen-bond acceptors (Lipinski definition) is 1. The van der Waals surface area contributed by atoms with Crippen molar-refractivity contribution in [1.82, 2.24) is 9.55 Å². The monoisotopic (exact) mass is 264 g/mol. The van der Waals surface area contributed by atoms with Gasteiger partial charge in [-0.05, 0) is 40.9 Å². The maximum absolute atomic E-state index is 4.73. The molecule has 0 amide bonds. The van der Waals surface area contributed by atoms with Crippen LogP contribution in [0.15, 0.2) is 22.7 Å². The Morgan fingerprint density at radius 2 is 2.13 bits per heavy atom. The fraction of sp³-hybridized carbons (Fsp3) is 0.417. The van der Waals surface area contributed by atoms with Crippen LogP contribution in [0.2, 0.25) is 0 Å². The van der Waals surface area contributed by atoms with Crippen molar-refractivity contribution in [2.24, 2.45) is 0 Å². The van der Waals surface area contributed by atoms with E-state index < -0.39 is 0 Å². The van der Waals surface area contributed by atoms with Crippen molar-refractivity contribution < 1.29 is 0 Å². The molecule has 78 valence electrons. The molecule has 2 heterocycles. The molecule has 0 saturated heterocycles. The van der Waals surface area contributed by atoms with Crippen molar-refractivity contribution in [2.45, 2.75) is 32.2 Å². The van der Waals surface area contributed by atoms with Crippen molar-refractivity contribution >= 4 is 27.0 Å². The number of aromatic nitrogens is 2. The third-order valence-electron chi connectivity index (χ3n) is 3.09. The summed E-state index contributed by atoms with van der Waals surface area (Å²) in [5.74, 6) is 1.26. The fourth-order valence-electron chi connectivity index (χ4n) is 2.33. The standard InChI is InChI=1S/C12H13BrN2/c13-9-5-4-6-10-12(9)14-11-7-2-1-3-8-15(10)11/h4-6H,1-3,7-8H2. The molecule has 0 spiro atoms. The van der Waals surface area contributed by atoms with Crippen LogP contribution in [-0.2, 0) is 13.0 Å². The molecule has 3 heteroatoms. The lowest BCUT2D eigenvalue weighted by Gasteiger charge is -2.03. The Morgan fingerprint density at radius 1 is 1.20 bits per heavy atom. The minimum absolute atomic E-state index is 1.11. The van der Waals surface area contributed by atoms with Crippen molar-refractivity contribution in [3.8, 4) is 0 Å². The van der Waals surface area contributed by atoms with Crippen molar-refractivity contribution in [3.05, 3.63) is 28.5 Å². The second-order valence-corrected chi connectivity index (χ2v) is 4.95. The molecule has 3 rings (SSSR count). The van der Waals surface area contributed by atoms with Gasteiger partial charge in [0.15, 0.2) is 0 Å². The van der Waals surface area contributed by atoms with Gasteiger partial charge in [0.1, 0.15) is 11.3 Å². The number of hydrogen-bond donors (Lipinski definition) is 0. The lowest BCUT2D eigenvalue weighted by molar-refractivity contribution is 0.647. The Morgan fingerprint density at radius 3 is 3.07 bits per heavy atom. The summed E-state index contributed by atoms with van der Waals surface area (Å²) >= 11 is 3.57. The van der Waals surface area contributed by atoms with Gasteiger partial charge in [-0.1, -0.05) is 12.5 Å². The molecule has 0 unspecified atom stereocenters. The van der Waals surface area contributed by atoms with E-state index in [0.717, 1.165) is 23.0 Å². The first-order valence-corrected chi connectivity index (χ1v) is 6.29. The molecule has 15 heavy (non-hydrogen) atoms. The largest absolute Gasteiger partial charge is 0.328 e. The molecule has 1 aliphatic heterocycles. The van der Waals surface area contributed by atoms with E-state index in [1.165, 1.54) is 30.6 Å². The average Bonchev–Trinajstić information content (AvgIpc) is 2.45. The van der Waals surface area contributed by atoms with E-state index in [4.69, 9.17) is 4.98 Å². The molecule has 2 nitrogen and oxygen atoms in total. The van der Waals surface area contributed by atoms with E-state index in [9.17, 15) is 0 Å². The van der Waals surface area contributed by atoms with E-state index in [2.05, 4.69) is 38.7 Å². The molecule has 0 radical (unpaired) electrons. The number of aryl methyl sites for hydroxylation is 2. The van der Waals surface area contributed by atoms with Gasteiger partial charge in [0.25, 0.3) is 0 Å². The summed E-state index contributed by atoms with van der Waals surface area (Å²) in [5.41, 5.74) is 2.40. The summed E-state index contributed by atoms with van der Waals surface area (Å²) in [5, 5.41) is 0. The molecule has 0 fully saturated rings. The quantitative estimate of drug-likeness (QED) is 0.712. The van der Waals surface area contributed by atoms with Crippen LogP contribution in [0.25, 0.3) is 11.0 Å². The van der Waals surface area contributed by atoms with Crippen LogP contribution in [0.1, 0.15) is 25.1 Å². The van der Waals surface area contributed by atoms with Gasteiger partial charge in [-0.2, -0.15) is 0 Å². The van der Waals surface area contributed by atoms with Gasteiger partial charge >= 0.3 is 0 Å². The highest BCUT2D eigenvalue weighted by Gasteiger charge is 2.14. The van der Waals surface area contributed by atoms with E-state index in [-0.39, 0.29) is 0 Å². The summed E-state index contributed by atoms with van der Waals surface area (Å²) < 4.78 is 3.49. The topological polar surface area (TPSA) is 17.8 Å². The lowest BCUT2D eigenvalue weighted by atomic mass is 10.2. The van der Waals surface area contributed by atoms with Crippen molar-refractivity contribution in [3.63, 3.8) is 0 Å². The molecule has 0 aliphatic carbocycles. The van der Waals surface area contributed by atoms with Gasteiger partial charge in [0.2, 0.25) is 0 Å². The molecule has 1 aromatic heterocycles. The van der Waals surface area contributed by atoms with E-state index >= 15 is 0 Å². The Hall–Kier alpha value is -0.830. The predicted octanol–water partition coefficient (Wildman–Crippen LogP) is 3.53. The summed E-state index contributed by atoms with van der Waals surface area (Å²) in [4.78, 5) is 4.73. The second kappa shape index (κ2) is 3.63. The second-order valence-electron chi connectivity index (χ2n) is 4.10. The van der Waals surface area contributed by atoms with Crippen LogP contribution in [0, 0.1) is 0 Å². The lowest BCUT2D eigenvalue weighted by Crippen LogP contribution is -1.99. The van der Waals surface area contributed by atoms with E-state index in [1.54, 1.807) is 0 Å². The van der Waals surface area contributed by atoms with Gasteiger partial charge in [-0.3, -0.25) is 0 Å². The Bertz CT molecular complexity index is 502. The van der Waals surface area contributed by atoms with Gasteiger partial charge in [0, 0.05) is 17.4 Å². The van der Waals surface area contributed by atoms with Crippen LogP contribution in [0.3, 0.4) is 0 Å². The third-order valence-corrected chi connectivity index (χ3v) is 3.73. The van der Waals surface area contributed by atoms with E-state index in [1.807, 2.05) is 0 Å². The van der Waals surface area contributed by atoms with Gasteiger partial charge in [-0.15, -0.1) is 0 Å². The fourth-order valence-corrected chi connectivity index (χ4v) is 2.78. The molecule has 1 aliphatic rings. The molecular formula is C12H13BrN2. The summed E-state index contributed by atoms with van der Waals surface area (Å²) in [6.45, 7) is 1.13. The van der Waals surface area contributed by atoms with Gasteiger partial charge < -0.3 is 4.57 Å². The Balaban J connectivity index is 2.28. The zero-order valence-electron chi connectivity index (χ0n) is 8.54. The number of rotatable bonds is 0. The highest BCUT2D eigenvalue weighted by atomic mass is 79.9. The van der Waals surface area contributed by atoms with Crippen molar-refractivity contribution in [2.75, 3.05) is 0 Å². The summed E-state index contributed by atoms with van der Waals surface area (Å²) in [6.07, 6.45) is 5.02. The Kier molecular flexibility index (Phi) is 2.28. The zero-order chi connectivity index (χ0) is 10.3.